The van der Waals surface area contributed by atoms with E-state index in [-0.39, 0.29) is 0 Å². The van der Waals surface area contributed by atoms with E-state index in [9.17, 15) is 0 Å². The van der Waals surface area contributed by atoms with Gasteiger partial charge in [-0.1, -0.05) is 49.3 Å². The van der Waals surface area contributed by atoms with Crippen LogP contribution in [-0.4, -0.2) is 16.0 Å². The molecule has 0 atom stereocenters. The average Bonchev–Trinajstić information content (AvgIpc) is 2.57. The zero-order valence-electron chi connectivity index (χ0n) is 7.25. The van der Waals surface area contributed by atoms with Crippen molar-refractivity contribution < 1.29 is 0 Å². The van der Waals surface area contributed by atoms with Gasteiger partial charge in [-0.15, -0.1) is 10.2 Å². The molecule has 0 saturated heterocycles. The van der Waals surface area contributed by atoms with Crippen molar-refractivity contribution in [3.63, 3.8) is 0 Å². The van der Waals surface area contributed by atoms with Crippen molar-refractivity contribution in [3.8, 4) is 0 Å². The Hall–Kier alpha value is -0.0900. The second-order valence-electron chi connectivity index (χ2n) is 2.57. The van der Waals surface area contributed by atoms with E-state index in [4.69, 9.17) is 0 Å². The van der Waals surface area contributed by atoms with Crippen LogP contribution in [0.25, 0.3) is 0 Å². The first-order valence-corrected chi connectivity index (χ1v) is 6.06. The molecule has 1 radical (unpaired) electrons. The Bertz CT molecular complexity index is 187. The number of rotatable bonds is 6. The fourth-order valence-electron chi connectivity index (χ4n) is 0.888. The standard InChI is InChI=1S/C8H13N2S2/c1-2-3-4-5-6-11-8-10-9-7-12-8/h2-6H2,1H3. The number of hydrogen-bond acceptors (Lipinski definition) is 4. The third kappa shape index (κ3) is 4.07. The molecule has 0 aliphatic carbocycles. The summed E-state index contributed by atoms with van der Waals surface area (Å²) < 4.78 is 1.05. The monoisotopic (exact) mass is 201 g/mol. The molecular weight excluding hydrogens is 188 g/mol. The molecule has 0 N–H and O–H groups in total. The van der Waals surface area contributed by atoms with Gasteiger partial charge in [-0.25, -0.2) is 0 Å². The molecule has 0 amide bonds. The topological polar surface area (TPSA) is 25.8 Å². The van der Waals surface area contributed by atoms with Crippen LogP contribution in [0.2, 0.25) is 0 Å². The molecule has 1 heterocycles. The number of aromatic nitrogens is 2. The van der Waals surface area contributed by atoms with Crippen LogP contribution in [0.5, 0.6) is 0 Å². The molecule has 1 aromatic heterocycles. The Morgan fingerprint density at radius 1 is 1.42 bits per heavy atom. The first-order valence-electron chi connectivity index (χ1n) is 4.26. The van der Waals surface area contributed by atoms with E-state index in [2.05, 4.69) is 22.6 Å². The zero-order chi connectivity index (χ0) is 8.65. The van der Waals surface area contributed by atoms with E-state index in [1.807, 2.05) is 0 Å². The van der Waals surface area contributed by atoms with Crippen molar-refractivity contribution in [2.45, 2.75) is 36.9 Å². The Morgan fingerprint density at radius 2 is 2.33 bits per heavy atom. The van der Waals surface area contributed by atoms with Gasteiger partial charge >= 0.3 is 0 Å². The van der Waals surface area contributed by atoms with Crippen molar-refractivity contribution in [3.05, 3.63) is 5.51 Å². The van der Waals surface area contributed by atoms with Gasteiger partial charge in [-0.3, -0.25) is 0 Å². The first kappa shape index (κ1) is 9.99. The molecule has 1 aromatic rings. The summed E-state index contributed by atoms with van der Waals surface area (Å²) >= 11 is 3.29. The molecule has 0 bridgehead atoms. The summed E-state index contributed by atoms with van der Waals surface area (Å²) in [6.07, 6.45) is 5.28. The van der Waals surface area contributed by atoms with Gasteiger partial charge in [0, 0.05) is 5.75 Å². The fraction of sp³-hybridized carbons (Fsp3) is 0.750. The summed E-state index contributed by atoms with van der Waals surface area (Å²) in [6, 6.07) is 0. The first-order chi connectivity index (χ1) is 5.93. The van der Waals surface area contributed by atoms with Crippen LogP contribution in [0.4, 0.5) is 0 Å². The molecule has 0 aliphatic heterocycles. The minimum Gasteiger partial charge on any atom is -0.135 e. The van der Waals surface area contributed by atoms with Crippen LogP contribution >= 0.6 is 23.1 Å². The second-order valence-corrected chi connectivity index (χ2v) is 4.68. The van der Waals surface area contributed by atoms with Crippen molar-refractivity contribution in [2.24, 2.45) is 0 Å². The third-order valence-corrected chi connectivity index (χ3v) is 3.38. The predicted octanol–water partition coefficient (Wildman–Crippen LogP) is 3.01. The van der Waals surface area contributed by atoms with E-state index in [1.165, 1.54) is 42.8 Å². The van der Waals surface area contributed by atoms with Crippen LogP contribution in [0.15, 0.2) is 4.34 Å². The fourth-order valence-corrected chi connectivity index (χ4v) is 2.35. The van der Waals surface area contributed by atoms with Crippen molar-refractivity contribution in [1.82, 2.24) is 10.2 Å². The average molecular weight is 201 g/mol. The highest BCUT2D eigenvalue weighted by Crippen LogP contribution is 2.20. The van der Waals surface area contributed by atoms with Crippen LogP contribution in [0.1, 0.15) is 32.6 Å². The van der Waals surface area contributed by atoms with Gasteiger partial charge in [-0.05, 0) is 6.42 Å². The van der Waals surface area contributed by atoms with E-state index >= 15 is 0 Å². The van der Waals surface area contributed by atoms with E-state index in [1.54, 1.807) is 11.8 Å². The van der Waals surface area contributed by atoms with Crippen molar-refractivity contribution in [1.29, 1.82) is 0 Å². The quantitative estimate of drug-likeness (QED) is 0.522. The summed E-state index contributed by atoms with van der Waals surface area (Å²) in [5.74, 6) is 1.17. The molecular formula is C8H13N2S2. The maximum Gasteiger partial charge on any atom is 0.179 e. The Labute approximate surface area is 81.8 Å². The third-order valence-electron chi connectivity index (χ3n) is 1.53. The predicted molar refractivity (Wildman–Crippen MR) is 53.6 cm³/mol. The SMILES string of the molecule is CCCCCCSc1nn[c]s1. The van der Waals surface area contributed by atoms with Crippen molar-refractivity contribution in [2.75, 3.05) is 5.75 Å². The van der Waals surface area contributed by atoms with E-state index in [0.717, 1.165) is 4.34 Å². The molecule has 0 aliphatic rings. The van der Waals surface area contributed by atoms with Crippen LogP contribution < -0.4 is 0 Å². The molecule has 0 saturated carbocycles. The van der Waals surface area contributed by atoms with E-state index in [0.29, 0.717) is 0 Å². The normalized spacial score (nSPS) is 10.4. The maximum absolute atomic E-state index is 3.91. The number of thioether (sulfide) groups is 1. The molecule has 1 rings (SSSR count). The van der Waals surface area contributed by atoms with Gasteiger partial charge in [0.05, 0.1) is 0 Å². The number of hydrogen-bond donors (Lipinski definition) is 0. The van der Waals surface area contributed by atoms with Gasteiger partial charge in [0.1, 0.15) is 0 Å². The number of nitrogens with zero attached hydrogens (tertiary/aromatic N) is 2. The minimum absolute atomic E-state index is 1.05. The number of unbranched alkanes of at least 4 members (excludes halogenated alkanes) is 3. The smallest absolute Gasteiger partial charge is 0.135 e. The lowest BCUT2D eigenvalue weighted by Gasteiger charge is -1.95. The highest BCUT2D eigenvalue weighted by atomic mass is 32.2. The highest BCUT2D eigenvalue weighted by Gasteiger charge is 1.96. The minimum atomic E-state index is 1.05. The summed E-state index contributed by atoms with van der Waals surface area (Å²) in [4.78, 5) is 0. The second kappa shape index (κ2) is 6.43. The summed E-state index contributed by atoms with van der Waals surface area (Å²) in [6.45, 7) is 2.23. The Balaban J connectivity index is 1.96. The Kier molecular flexibility index (Phi) is 5.35. The van der Waals surface area contributed by atoms with E-state index < -0.39 is 0 Å². The van der Waals surface area contributed by atoms with Gasteiger partial charge in [0.2, 0.25) is 0 Å². The lowest BCUT2D eigenvalue weighted by atomic mass is 10.2. The molecule has 4 heteroatoms. The van der Waals surface area contributed by atoms with Crippen LogP contribution in [0.3, 0.4) is 0 Å². The largest absolute Gasteiger partial charge is 0.179 e. The van der Waals surface area contributed by atoms with Crippen LogP contribution in [-0.2, 0) is 0 Å². The van der Waals surface area contributed by atoms with Gasteiger partial charge in [0.25, 0.3) is 0 Å². The molecule has 2 nitrogen and oxygen atoms in total. The van der Waals surface area contributed by atoms with Gasteiger partial charge < -0.3 is 0 Å². The summed E-state index contributed by atoms with van der Waals surface area (Å²) in [7, 11) is 0. The lowest BCUT2D eigenvalue weighted by Crippen LogP contribution is -1.80. The highest BCUT2D eigenvalue weighted by molar-refractivity contribution is 8.00. The molecule has 0 aromatic carbocycles. The molecule has 0 fully saturated rings. The Morgan fingerprint density at radius 3 is 3.00 bits per heavy atom. The molecule has 67 valence electrons. The van der Waals surface area contributed by atoms with Gasteiger partial charge in [0.15, 0.2) is 9.85 Å². The molecule has 12 heavy (non-hydrogen) atoms. The maximum atomic E-state index is 3.91. The summed E-state index contributed by atoms with van der Waals surface area (Å²) in [5.41, 5.74) is 2.74. The zero-order valence-corrected chi connectivity index (χ0v) is 8.88. The lowest BCUT2D eigenvalue weighted by molar-refractivity contribution is 0.706. The summed E-state index contributed by atoms with van der Waals surface area (Å²) in [5, 5.41) is 7.57. The molecule has 0 spiro atoms. The van der Waals surface area contributed by atoms with Crippen LogP contribution in [0, 0.1) is 5.51 Å². The molecule has 0 unspecified atom stereocenters. The van der Waals surface area contributed by atoms with Crippen molar-refractivity contribution >= 4 is 23.1 Å². The van der Waals surface area contributed by atoms with Gasteiger partial charge in [-0.2, -0.15) is 0 Å².